The molecule has 1 saturated carbocycles. The first-order chi connectivity index (χ1) is 11.3. The van der Waals surface area contributed by atoms with Gasteiger partial charge in [-0.25, -0.2) is 0 Å². The van der Waals surface area contributed by atoms with E-state index >= 15 is 0 Å². The van der Waals surface area contributed by atoms with Gasteiger partial charge < -0.3 is 9.80 Å². The first-order valence-corrected chi connectivity index (χ1v) is 8.59. The van der Waals surface area contributed by atoms with Gasteiger partial charge in [0.2, 0.25) is 11.8 Å². The van der Waals surface area contributed by atoms with Gasteiger partial charge in [0.25, 0.3) is 0 Å². The van der Waals surface area contributed by atoms with Gasteiger partial charge in [0, 0.05) is 39.0 Å². The molecule has 0 aromatic heterocycles. The summed E-state index contributed by atoms with van der Waals surface area (Å²) in [4.78, 5) is 28.4. The predicted octanol–water partition coefficient (Wildman–Crippen LogP) is 2.03. The zero-order chi connectivity index (χ0) is 18.3. The number of nitriles is 2. The lowest BCUT2D eigenvalue weighted by Crippen LogP contribution is -2.42. The number of hydrogen-bond acceptors (Lipinski definition) is 4. The molecule has 1 aliphatic rings. The van der Waals surface area contributed by atoms with Gasteiger partial charge in [-0.3, -0.25) is 9.59 Å². The van der Waals surface area contributed by atoms with Gasteiger partial charge in [-0.1, -0.05) is 6.42 Å². The van der Waals surface area contributed by atoms with E-state index in [1.54, 1.807) is 37.7 Å². The maximum atomic E-state index is 12.6. The van der Waals surface area contributed by atoms with Crippen LogP contribution in [0.3, 0.4) is 0 Å². The van der Waals surface area contributed by atoms with Crippen LogP contribution in [0.15, 0.2) is 0 Å². The van der Waals surface area contributed by atoms with E-state index < -0.39 is 0 Å². The van der Waals surface area contributed by atoms with E-state index in [1.165, 1.54) is 0 Å². The third-order valence-corrected chi connectivity index (χ3v) is 4.66. The van der Waals surface area contributed by atoms with E-state index in [2.05, 4.69) is 12.1 Å². The Bertz CT molecular complexity index is 488. The van der Waals surface area contributed by atoms with Crippen LogP contribution < -0.4 is 0 Å². The SMILES string of the molecule is C[C@H](C#N)CN(C)C(=O)[C@@H]1CCC[C@@H](C(=O)N(C)C[C@@H](C)C#N)C1. The lowest BCUT2D eigenvalue weighted by atomic mass is 9.80. The molecule has 0 spiro atoms. The summed E-state index contributed by atoms with van der Waals surface area (Å²) in [6.45, 7) is 4.43. The van der Waals surface area contributed by atoms with Gasteiger partial charge >= 0.3 is 0 Å². The molecule has 0 radical (unpaired) electrons. The molecule has 0 bridgehead atoms. The molecule has 24 heavy (non-hydrogen) atoms. The molecule has 6 heteroatoms. The fourth-order valence-corrected chi connectivity index (χ4v) is 3.34. The Morgan fingerprint density at radius 2 is 1.33 bits per heavy atom. The van der Waals surface area contributed by atoms with Crippen molar-refractivity contribution >= 4 is 11.8 Å². The van der Waals surface area contributed by atoms with Crippen molar-refractivity contribution in [3.05, 3.63) is 0 Å². The van der Waals surface area contributed by atoms with Crippen molar-refractivity contribution in [2.24, 2.45) is 23.7 Å². The Hall–Kier alpha value is -2.08. The Balaban J connectivity index is 2.63. The zero-order valence-electron chi connectivity index (χ0n) is 15.2. The van der Waals surface area contributed by atoms with Crippen LogP contribution in [0.5, 0.6) is 0 Å². The second-order valence-electron chi connectivity index (χ2n) is 7.06. The van der Waals surface area contributed by atoms with Gasteiger partial charge in [-0.2, -0.15) is 10.5 Å². The van der Waals surface area contributed by atoms with Crippen LogP contribution in [0.2, 0.25) is 0 Å². The van der Waals surface area contributed by atoms with Crippen molar-refractivity contribution in [3.63, 3.8) is 0 Å². The fraction of sp³-hybridized carbons (Fsp3) is 0.778. The summed E-state index contributed by atoms with van der Waals surface area (Å²) in [5, 5.41) is 17.8. The predicted molar refractivity (Wildman–Crippen MR) is 90.3 cm³/mol. The van der Waals surface area contributed by atoms with E-state index in [4.69, 9.17) is 10.5 Å². The van der Waals surface area contributed by atoms with Crippen LogP contribution in [0.1, 0.15) is 39.5 Å². The van der Waals surface area contributed by atoms with Gasteiger partial charge in [-0.05, 0) is 33.1 Å². The van der Waals surface area contributed by atoms with E-state index in [0.717, 1.165) is 19.3 Å². The van der Waals surface area contributed by atoms with Gasteiger partial charge in [-0.15, -0.1) is 0 Å². The largest absolute Gasteiger partial charge is 0.344 e. The third kappa shape index (κ3) is 5.53. The van der Waals surface area contributed by atoms with Crippen LogP contribution in [-0.2, 0) is 9.59 Å². The van der Waals surface area contributed by atoms with Crippen molar-refractivity contribution < 1.29 is 9.59 Å². The zero-order valence-corrected chi connectivity index (χ0v) is 15.2. The van der Waals surface area contributed by atoms with Gasteiger partial charge in [0.15, 0.2) is 0 Å². The highest BCUT2D eigenvalue weighted by molar-refractivity contribution is 5.82. The Morgan fingerprint density at radius 3 is 1.67 bits per heavy atom. The van der Waals surface area contributed by atoms with Crippen LogP contribution in [-0.4, -0.2) is 48.8 Å². The van der Waals surface area contributed by atoms with E-state index in [9.17, 15) is 9.59 Å². The van der Waals surface area contributed by atoms with Gasteiger partial charge in [0.1, 0.15) is 0 Å². The highest BCUT2D eigenvalue weighted by Crippen LogP contribution is 2.31. The van der Waals surface area contributed by atoms with Crippen LogP contribution in [0.25, 0.3) is 0 Å². The van der Waals surface area contributed by atoms with E-state index in [-0.39, 0.29) is 35.5 Å². The van der Waals surface area contributed by atoms with Crippen LogP contribution >= 0.6 is 0 Å². The molecule has 1 fully saturated rings. The summed E-state index contributed by atoms with van der Waals surface area (Å²) in [5.74, 6) is -0.627. The van der Waals surface area contributed by atoms with Crippen molar-refractivity contribution in [1.82, 2.24) is 9.80 Å². The lowest BCUT2D eigenvalue weighted by molar-refractivity contribution is -0.140. The second-order valence-corrected chi connectivity index (χ2v) is 7.06. The van der Waals surface area contributed by atoms with Crippen molar-refractivity contribution in [2.75, 3.05) is 27.2 Å². The molecule has 0 N–H and O–H groups in total. The quantitative estimate of drug-likeness (QED) is 0.744. The standard InChI is InChI=1S/C18H28N4O2/c1-13(9-19)11-21(3)17(23)15-6-5-7-16(8-15)18(24)22(4)12-14(2)10-20/h13-16H,5-8,11-12H2,1-4H3/t13-,14+,15-,16-/m1/s1. The molecule has 0 saturated heterocycles. The summed E-state index contributed by atoms with van der Waals surface area (Å²) in [5.41, 5.74) is 0. The van der Waals surface area contributed by atoms with Gasteiger partial charge in [0.05, 0.1) is 24.0 Å². The number of rotatable bonds is 6. The molecule has 132 valence electrons. The maximum absolute atomic E-state index is 12.6. The smallest absolute Gasteiger partial charge is 0.225 e. The van der Waals surface area contributed by atoms with E-state index in [0.29, 0.717) is 19.5 Å². The average Bonchev–Trinajstić information content (AvgIpc) is 2.59. The summed E-state index contributed by atoms with van der Waals surface area (Å²) in [6.07, 6.45) is 3.02. The van der Waals surface area contributed by atoms with Crippen molar-refractivity contribution in [1.29, 1.82) is 10.5 Å². The van der Waals surface area contributed by atoms with E-state index in [1.807, 2.05) is 0 Å². The Morgan fingerprint density at radius 1 is 0.958 bits per heavy atom. The van der Waals surface area contributed by atoms with Crippen LogP contribution in [0.4, 0.5) is 0 Å². The summed E-state index contributed by atoms with van der Waals surface area (Å²) < 4.78 is 0. The average molecular weight is 332 g/mol. The number of amides is 2. The molecule has 4 atom stereocenters. The minimum atomic E-state index is -0.196. The van der Waals surface area contributed by atoms with Crippen LogP contribution in [0, 0.1) is 46.3 Å². The number of carbonyl (C=O) groups is 2. The summed E-state index contributed by atoms with van der Waals surface area (Å²) >= 11 is 0. The molecular formula is C18H28N4O2. The number of nitrogens with zero attached hydrogens (tertiary/aromatic N) is 4. The molecule has 2 amide bonds. The summed E-state index contributed by atoms with van der Waals surface area (Å²) in [7, 11) is 3.45. The third-order valence-electron chi connectivity index (χ3n) is 4.66. The topological polar surface area (TPSA) is 88.2 Å². The fourth-order valence-electron chi connectivity index (χ4n) is 3.34. The Kier molecular flexibility index (Phi) is 7.71. The maximum Gasteiger partial charge on any atom is 0.225 e. The monoisotopic (exact) mass is 332 g/mol. The highest BCUT2D eigenvalue weighted by Gasteiger charge is 2.34. The normalized spacial score (nSPS) is 22.6. The highest BCUT2D eigenvalue weighted by atomic mass is 16.2. The Labute approximate surface area is 145 Å². The first-order valence-electron chi connectivity index (χ1n) is 8.59. The molecule has 0 aliphatic heterocycles. The molecular weight excluding hydrogens is 304 g/mol. The molecule has 0 aromatic rings. The first kappa shape index (κ1) is 20.0. The number of hydrogen-bond donors (Lipinski definition) is 0. The molecule has 0 unspecified atom stereocenters. The number of carbonyl (C=O) groups excluding carboxylic acids is 2. The molecule has 1 aliphatic carbocycles. The molecule has 1 rings (SSSR count). The van der Waals surface area contributed by atoms with Crippen molar-refractivity contribution in [3.8, 4) is 12.1 Å². The molecule has 0 aromatic carbocycles. The molecule has 0 heterocycles. The summed E-state index contributed by atoms with van der Waals surface area (Å²) in [6, 6.07) is 4.28. The minimum Gasteiger partial charge on any atom is -0.344 e. The lowest BCUT2D eigenvalue weighted by Gasteiger charge is -2.33. The molecule has 6 nitrogen and oxygen atoms in total. The van der Waals surface area contributed by atoms with Crippen molar-refractivity contribution in [2.45, 2.75) is 39.5 Å². The second kappa shape index (κ2) is 9.27. The minimum absolute atomic E-state index is 0.0302.